The molecule has 0 amide bonds. The molecule has 56 valence electrons. The molecule has 2 atom stereocenters. The minimum absolute atomic E-state index is 0.144. The van der Waals surface area contributed by atoms with Crippen molar-refractivity contribution in [3.05, 3.63) is 11.8 Å². The molecule has 0 fully saturated rings. The van der Waals surface area contributed by atoms with Crippen molar-refractivity contribution in [2.45, 2.75) is 18.7 Å². The maximum Gasteiger partial charge on any atom is 0.153 e. The lowest BCUT2D eigenvalue weighted by molar-refractivity contribution is 0.0299. The van der Waals surface area contributed by atoms with Crippen molar-refractivity contribution in [2.24, 2.45) is 10.7 Å². The topological polar surface area (TPSA) is 78.8 Å². The molecule has 0 bridgehead atoms. The number of nitrogens with two attached hydrogens (primary N) is 1. The lowest BCUT2D eigenvalue weighted by Gasteiger charge is -2.28. The Hall–Kier alpha value is -0.870. The zero-order valence-electron chi connectivity index (χ0n) is 5.65. The molecule has 0 aromatic carbocycles. The number of hydrogen-bond acceptors (Lipinski definition) is 4. The van der Waals surface area contributed by atoms with E-state index < -0.39 is 11.8 Å². The molecule has 2 unspecified atom stereocenters. The summed E-state index contributed by atoms with van der Waals surface area (Å²) in [6, 6.07) is 0. The molecule has 4 N–H and O–H groups in total. The minimum Gasteiger partial charge on any atom is -0.509 e. The molecule has 0 aromatic heterocycles. The van der Waals surface area contributed by atoms with Crippen LogP contribution in [0.1, 0.15) is 6.92 Å². The number of aliphatic hydroxyl groups is 2. The van der Waals surface area contributed by atoms with Crippen LogP contribution in [0.4, 0.5) is 0 Å². The van der Waals surface area contributed by atoms with Gasteiger partial charge in [0, 0.05) is 6.21 Å². The van der Waals surface area contributed by atoms with Crippen LogP contribution < -0.4 is 5.73 Å². The fourth-order valence-corrected chi connectivity index (χ4v) is 0.672. The Morgan fingerprint density at radius 3 is 2.80 bits per heavy atom. The molecular formula is C6H10N2O2. The summed E-state index contributed by atoms with van der Waals surface area (Å²) in [7, 11) is 0. The predicted octanol–water partition coefficient (Wildman–Crippen LogP) is -0.451. The molecule has 10 heavy (non-hydrogen) atoms. The van der Waals surface area contributed by atoms with E-state index in [1.54, 1.807) is 0 Å². The quantitative estimate of drug-likeness (QED) is 0.428. The predicted molar refractivity (Wildman–Crippen MR) is 37.8 cm³/mol. The number of rotatable bonds is 0. The first kappa shape index (κ1) is 7.24. The van der Waals surface area contributed by atoms with Crippen LogP contribution in [0.3, 0.4) is 0 Å². The van der Waals surface area contributed by atoms with Gasteiger partial charge in [0.1, 0.15) is 11.9 Å². The fraction of sp³-hybridized carbons (Fsp3) is 0.500. The second-order valence-electron chi connectivity index (χ2n) is 2.44. The van der Waals surface area contributed by atoms with Crippen LogP contribution in [0, 0.1) is 0 Å². The van der Waals surface area contributed by atoms with Crippen LogP contribution in [-0.4, -0.2) is 28.2 Å². The molecule has 0 aliphatic carbocycles. The first-order valence-electron chi connectivity index (χ1n) is 2.96. The Labute approximate surface area is 58.7 Å². The van der Waals surface area contributed by atoms with Gasteiger partial charge < -0.3 is 15.9 Å². The Kier molecular flexibility index (Phi) is 1.50. The summed E-state index contributed by atoms with van der Waals surface area (Å²) in [6.07, 6.45) is 1.93. The van der Waals surface area contributed by atoms with E-state index in [1.807, 2.05) is 0 Å². The lowest BCUT2D eigenvalue weighted by Crippen LogP contribution is -2.47. The van der Waals surface area contributed by atoms with Gasteiger partial charge in [-0.1, -0.05) is 0 Å². The van der Waals surface area contributed by atoms with Crippen LogP contribution in [0.15, 0.2) is 16.8 Å². The molecule has 0 aromatic rings. The van der Waals surface area contributed by atoms with E-state index in [2.05, 4.69) is 4.99 Å². The normalized spacial score (nSPS) is 39.5. The summed E-state index contributed by atoms with van der Waals surface area (Å²) in [5, 5.41) is 18.4. The molecule has 1 aliphatic rings. The number of hydrogen-bond donors (Lipinski definition) is 3. The maximum absolute atomic E-state index is 9.35. The van der Waals surface area contributed by atoms with Gasteiger partial charge in [0.2, 0.25) is 0 Å². The Morgan fingerprint density at radius 2 is 2.40 bits per heavy atom. The summed E-state index contributed by atoms with van der Waals surface area (Å²) in [6.45, 7) is 1.42. The molecule has 4 nitrogen and oxygen atoms in total. The van der Waals surface area contributed by atoms with Gasteiger partial charge in [-0.05, 0) is 13.0 Å². The van der Waals surface area contributed by atoms with Crippen molar-refractivity contribution in [2.75, 3.05) is 0 Å². The van der Waals surface area contributed by atoms with E-state index in [1.165, 1.54) is 19.2 Å². The van der Waals surface area contributed by atoms with E-state index in [9.17, 15) is 5.11 Å². The van der Waals surface area contributed by atoms with E-state index in [4.69, 9.17) is 10.8 Å². The SMILES string of the molecule is CC1(O)C(O)=CC=NC1N. The molecular weight excluding hydrogens is 132 g/mol. The van der Waals surface area contributed by atoms with E-state index >= 15 is 0 Å². The first-order valence-corrected chi connectivity index (χ1v) is 2.96. The zero-order valence-corrected chi connectivity index (χ0v) is 5.65. The van der Waals surface area contributed by atoms with Crippen LogP contribution >= 0.6 is 0 Å². The average molecular weight is 142 g/mol. The highest BCUT2D eigenvalue weighted by Gasteiger charge is 2.34. The second-order valence-corrected chi connectivity index (χ2v) is 2.44. The van der Waals surface area contributed by atoms with Crippen molar-refractivity contribution >= 4 is 6.21 Å². The molecule has 0 saturated heterocycles. The van der Waals surface area contributed by atoms with Crippen LogP contribution in [0.25, 0.3) is 0 Å². The summed E-state index contributed by atoms with van der Waals surface area (Å²) in [4.78, 5) is 3.70. The van der Waals surface area contributed by atoms with Crippen molar-refractivity contribution in [3.63, 3.8) is 0 Å². The number of nitrogens with zero attached hydrogens (tertiary/aromatic N) is 1. The maximum atomic E-state index is 9.35. The molecule has 4 heteroatoms. The largest absolute Gasteiger partial charge is 0.509 e. The Bertz CT molecular complexity index is 196. The van der Waals surface area contributed by atoms with Gasteiger partial charge in [0.25, 0.3) is 0 Å². The highest BCUT2D eigenvalue weighted by molar-refractivity contribution is 5.73. The van der Waals surface area contributed by atoms with Crippen LogP contribution in [0.2, 0.25) is 0 Å². The number of dihydropyridines is 1. The van der Waals surface area contributed by atoms with E-state index in [0.717, 1.165) is 0 Å². The number of allylic oxidation sites excluding steroid dienone is 1. The van der Waals surface area contributed by atoms with Gasteiger partial charge in [-0.3, -0.25) is 4.99 Å². The van der Waals surface area contributed by atoms with Crippen LogP contribution in [0.5, 0.6) is 0 Å². The molecule has 1 aliphatic heterocycles. The molecule has 0 saturated carbocycles. The van der Waals surface area contributed by atoms with Gasteiger partial charge >= 0.3 is 0 Å². The fourth-order valence-electron chi connectivity index (χ4n) is 0.672. The first-order chi connectivity index (χ1) is 4.55. The van der Waals surface area contributed by atoms with Crippen molar-refractivity contribution < 1.29 is 10.2 Å². The third-order valence-corrected chi connectivity index (χ3v) is 1.57. The highest BCUT2D eigenvalue weighted by Crippen LogP contribution is 2.19. The summed E-state index contributed by atoms with van der Waals surface area (Å²) in [5.41, 5.74) is 3.95. The number of aliphatic hydroxyl groups excluding tert-OH is 1. The van der Waals surface area contributed by atoms with Crippen molar-refractivity contribution in [1.29, 1.82) is 0 Å². The lowest BCUT2D eigenvalue weighted by atomic mass is 9.99. The van der Waals surface area contributed by atoms with Gasteiger partial charge in [-0.2, -0.15) is 0 Å². The van der Waals surface area contributed by atoms with Gasteiger partial charge in [-0.15, -0.1) is 0 Å². The summed E-state index contributed by atoms with van der Waals surface area (Å²) >= 11 is 0. The monoisotopic (exact) mass is 142 g/mol. The molecule has 1 rings (SSSR count). The van der Waals surface area contributed by atoms with Gasteiger partial charge in [0.05, 0.1) is 0 Å². The summed E-state index contributed by atoms with van der Waals surface area (Å²) in [5.74, 6) is -0.144. The summed E-state index contributed by atoms with van der Waals surface area (Å²) < 4.78 is 0. The van der Waals surface area contributed by atoms with E-state index in [0.29, 0.717) is 0 Å². The standard InChI is InChI=1S/C6H10N2O2/c1-6(10)4(9)2-3-8-5(6)7/h2-3,5,9-10H,7H2,1H3. The minimum atomic E-state index is -1.41. The van der Waals surface area contributed by atoms with Crippen LogP contribution in [-0.2, 0) is 0 Å². The molecule has 0 radical (unpaired) electrons. The third-order valence-electron chi connectivity index (χ3n) is 1.57. The van der Waals surface area contributed by atoms with Crippen molar-refractivity contribution in [3.8, 4) is 0 Å². The highest BCUT2D eigenvalue weighted by atomic mass is 16.3. The Balaban J connectivity index is 2.93. The average Bonchev–Trinajstić information content (AvgIpc) is 1.84. The van der Waals surface area contributed by atoms with E-state index in [-0.39, 0.29) is 5.76 Å². The molecule has 0 spiro atoms. The van der Waals surface area contributed by atoms with Gasteiger partial charge in [-0.25, -0.2) is 0 Å². The number of aliphatic imine (C=N–C) groups is 1. The molecule has 1 heterocycles. The van der Waals surface area contributed by atoms with Crippen molar-refractivity contribution in [1.82, 2.24) is 0 Å². The Morgan fingerprint density at radius 1 is 1.80 bits per heavy atom. The smallest absolute Gasteiger partial charge is 0.153 e. The van der Waals surface area contributed by atoms with Gasteiger partial charge in [0.15, 0.2) is 5.60 Å². The second kappa shape index (κ2) is 2.07. The third kappa shape index (κ3) is 0.913. The zero-order chi connectivity index (χ0) is 7.78.